The summed E-state index contributed by atoms with van der Waals surface area (Å²) in [5.74, 6) is -0.871. The SMILES string of the molecule is N#Cc1cc(-c2cnc[nH]2)ccc1N(Cc1cc(F)cc(Cl)c1)C(=O)Cn1nnc2ccccc21. The molecule has 0 fully saturated rings. The highest BCUT2D eigenvalue weighted by Gasteiger charge is 2.22. The van der Waals surface area contributed by atoms with Crippen LogP contribution in [0, 0.1) is 17.1 Å². The molecule has 0 unspecified atom stereocenters. The van der Waals surface area contributed by atoms with Crippen LogP contribution in [0.4, 0.5) is 10.1 Å². The van der Waals surface area contributed by atoms with Gasteiger partial charge in [-0.1, -0.05) is 35.0 Å². The van der Waals surface area contributed by atoms with Crippen LogP contribution in [-0.2, 0) is 17.9 Å². The summed E-state index contributed by atoms with van der Waals surface area (Å²) >= 11 is 6.05. The molecule has 1 amide bonds. The van der Waals surface area contributed by atoms with Gasteiger partial charge in [0.25, 0.3) is 0 Å². The fourth-order valence-electron chi connectivity index (χ4n) is 3.88. The molecule has 0 atom stereocenters. The molecule has 3 aromatic carbocycles. The van der Waals surface area contributed by atoms with Gasteiger partial charge in [-0.25, -0.2) is 14.1 Å². The summed E-state index contributed by atoms with van der Waals surface area (Å²) in [4.78, 5) is 22.0. The standard InChI is InChI=1S/C25H17ClFN7O/c26-19-7-16(8-20(27)10-19)13-33(25(35)14-34-24-4-2-1-3-21(24)31-32-34)23-6-5-17(9-18(23)11-28)22-12-29-15-30-22/h1-10,12,15H,13-14H2,(H,29,30). The Hall–Kier alpha value is -4.55. The summed E-state index contributed by atoms with van der Waals surface area (Å²) in [6.07, 6.45) is 3.19. The number of hydrogen-bond acceptors (Lipinski definition) is 5. The average molecular weight is 486 g/mol. The second kappa shape index (κ2) is 9.37. The molecule has 8 nitrogen and oxygen atoms in total. The minimum absolute atomic E-state index is 0.00102. The molecule has 2 heterocycles. The summed E-state index contributed by atoms with van der Waals surface area (Å²) in [5.41, 5.74) is 3.97. The molecule has 0 saturated carbocycles. The quantitative estimate of drug-likeness (QED) is 0.375. The molecule has 0 aliphatic rings. The smallest absolute Gasteiger partial charge is 0.249 e. The van der Waals surface area contributed by atoms with Gasteiger partial charge >= 0.3 is 0 Å². The molecule has 0 bridgehead atoms. The fraction of sp³-hybridized carbons (Fsp3) is 0.0800. The minimum atomic E-state index is -0.516. The van der Waals surface area contributed by atoms with E-state index in [9.17, 15) is 14.4 Å². The van der Waals surface area contributed by atoms with E-state index in [0.717, 1.165) is 11.3 Å². The molecule has 172 valence electrons. The number of nitriles is 1. The van der Waals surface area contributed by atoms with Crippen LogP contribution in [0.25, 0.3) is 22.3 Å². The Labute approximate surface area is 204 Å². The molecule has 2 aromatic heterocycles. The van der Waals surface area contributed by atoms with Crippen molar-refractivity contribution in [3.63, 3.8) is 0 Å². The number of aromatic nitrogens is 5. The van der Waals surface area contributed by atoms with Gasteiger partial charge in [-0.05, 0) is 48.0 Å². The number of aromatic amines is 1. The van der Waals surface area contributed by atoms with Crippen molar-refractivity contribution >= 4 is 34.2 Å². The first-order valence-corrected chi connectivity index (χ1v) is 11.0. The number of carbonyl (C=O) groups excluding carboxylic acids is 1. The van der Waals surface area contributed by atoms with Crippen molar-refractivity contribution in [3.8, 4) is 17.3 Å². The number of halogens is 2. The lowest BCUT2D eigenvalue weighted by Gasteiger charge is -2.24. The predicted octanol–water partition coefficient (Wildman–Crippen LogP) is 4.72. The highest BCUT2D eigenvalue weighted by Crippen LogP contribution is 2.29. The summed E-state index contributed by atoms with van der Waals surface area (Å²) in [7, 11) is 0. The Kier molecular flexibility index (Phi) is 5.95. The highest BCUT2D eigenvalue weighted by molar-refractivity contribution is 6.30. The molecule has 0 aliphatic heterocycles. The number of benzene rings is 3. The predicted molar refractivity (Wildman–Crippen MR) is 129 cm³/mol. The van der Waals surface area contributed by atoms with E-state index < -0.39 is 5.82 Å². The number of nitrogens with zero attached hydrogens (tertiary/aromatic N) is 6. The van der Waals surface area contributed by atoms with Gasteiger partial charge in [0.05, 0.1) is 41.5 Å². The number of amides is 1. The lowest BCUT2D eigenvalue weighted by molar-refractivity contribution is -0.119. The van der Waals surface area contributed by atoms with E-state index in [2.05, 4.69) is 26.3 Å². The molecular formula is C25H17ClFN7O. The van der Waals surface area contributed by atoms with E-state index >= 15 is 0 Å². The van der Waals surface area contributed by atoms with Gasteiger partial charge in [-0.15, -0.1) is 5.10 Å². The summed E-state index contributed by atoms with van der Waals surface area (Å²) in [6, 6.07) is 18.7. The van der Waals surface area contributed by atoms with Crippen molar-refractivity contribution in [3.05, 3.63) is 95.2 Å². The number of nitrogens with one attached hydrogen (secondary N) is 1. The zero-order valence-corrected chi connectivity index (χ0v) is 18.9. The normalized spacial score (nSPS) is 10.9. The van der Waals surface area contributed by atoms with Crippen molar-refractivity contribution in [2.24, 2.45) is 0 Å². The first kappa shape index (κ1) is 22.3. The zero-order valence-electron chi connectivity index (χ0n) is 18.2. The maximum Gasteiger partial charge on any atom is 0.249 e. The van der Waals surface area contributed by atoms with Crippen LogP contribution in [0.3, 0.4) is 0 Å². The zero-order chi connectivity index (χ0) is 24.4. The highest BCUT2D eigenvalue weighted by atomic mass is 35.5. The van der Waals surface area contributed by atoms with Crippen molar-refractivity contribution in [2.75, 3.05) is 4.90 Å². The van der Waals surface area contributed by atoms with E-state index in [4.69, 9.17) is 11.6 Å². The third-order valence-corrected chi connectivity index (χ3v) is 5.70. The average Bonchev–Trinajstić information content (AvgIpc) is 3.52. The Morgan fingerprint density at radius 1 is 1.17 bits per heavy atom. The van der Waals surface area contributed by atoms with Crippen LogP contribution in [0.5, 0.6) is 0 Å². The van der Waals surface area contributed by atoms with Crippen LogP contribution in [0.15, 0.2) is 73.2 Å². The summed E-state index contributed by atoms with van der Waals surface area (Å²) in [6.45, 7) is -0.127. The Morgan fingerprint density at radius 3 is 2.80 bits per heavy atom. The first-order valence-electron chi connectivity index (χ1n) is 10.6. The van der Waals surface area contributed by atoms with Crippen LogP contribution >= 0.6 is 11.6 Å². The second-order valence-electron chi connectivity index (χ2n) is 7.80. The van der Waals surface area contributed by atoms with E-state index in [1.165, 1.54) is 21.7 Å². The van der Waals surface area contributed by atoms with Gasteiger partial charge in [0, 0.05) is 10.6 Å². The number of rotatable bonds is 6. The van der Waals surface area contributed by atoms with Crippen molar-refractivity contribution in [1.82, 2.24) is 25.0 Å². The van der Waals surface area contributed by atoms with Gasteiger partial charge < -0.3 is 9.88 Å². The van der Waals surface area contributed by atoms with Gasteiger partial charge in [0.15, 0.2) is 0 Å². The van der Waals surface area contributed by atoms with Gasteiger partial charge in [0.2, 0.25) is 5.91 Å². The number of fused-ring (bicyclic) bond motifs is 1. The van der Waals surface area contributed by atoms with Crippen LogP contribution < -0.4 is 4.90 Å². The van der Waals surface area contributed by atoms with Crippen molar-refractivity contribution < 1.29 is 9.18 Å². The number of H-pyrrole nitrogens is 1. The van der Waals surface area contributed by atoms with Gasteiger partial charge in [-0.2, -0.15) is 5.26 Å². The first-order chi connectivity index (χ1) is 17.0. The second-order valence-corrected chi connectivity index (χ2v) is 8.24. The topological polar surface area (TPSA) is 103 Å². The largest absolute Gasteiger partial charge is 0.345 e. The maximum absolute atomic E-state index is 14.0. The van der Waals surface area contributed by atoms with Crippen LogP contribution in [0.2, 0.25) is 5.02 Å². The summed E-state index contributed by atoms with van der Waals surface area (Å²) < 4.78 is 15.5. The Morgan fingerprint density at radius 2 is 2.03 bits per heavy atom. The molecular weight excluding hydrogens is 469 g/mol. The Balaban J connectivity index is 1.55. The third-order valence-electron chi connectivity index (χ3n) is 5.49. The van der Waals surface area contributed by atoms with E-state index in [1.54, 1.807) is 42.9 Å². The van der Waals surface area contributed by atoms with Gasteiger partial charge in [-0.3, -0.25) is 4.79 Å². The molecule has 0 radical (unpaired) electrons. The lowest BCUT2D eigenvalue weighted by Crippen LogP contribution is -2.34. The maximum atomic E-state index is 14.0. The monoisotopic (exact) mass is 485 g/mol. The van der Waals surface area contributed by atoms with Crippen LogP contribution in [-0.4, -0.2) is 30.9 Å². The van der Waals surface area contributed by atoms with E-state index in [0.29, 0.717) is 22.3 Å². The number of anilines is 1. The fourth-order valence-corrected chi connectivity index (χ4v) is 4.13. The van der Waals surface area contributed by atoms with Gasteiger partial charge in [0.1, 0.15) is 23.9 Å². The molecule has 5 rings (SSSR count). The number of para-hydroxylation sites is 1. The molecule has 35 heavy (non-hydrogen) atoms. The van der Waals surface area contributed by atoms with E-state index in [1.807, 2.05) is 18.2 Å². The minimum Gasteiger partial charge on any atom is -0.345 e. The molecule has 0 spiro atoms. The van der Waals surface area contributed by atoms with Crippen molar-refractivity contribution in [2.45, 2.75) is 13.1 Å². The number of carbonyl (C=O) groups is 1. The molecule has 0 aliphatic carbocycles. The number of imidazole rings is 1. The molecule has 5 aromatic rings. The van der Waals surface area contributed by atoms with E-state index in [-0.39, 0.29) is 29.6 Å². The molecule has 10 heteroatoms. The Bertz CT molecular complexity index is 1550. The molecule has 1 N–H and O–H groups in total. The summed E-state index contributed by atoms with van der Waals surface area (Å²) in [5, 5.41) is 18.3. The molecule has 0 saturated heterocycles. The number of hydrogen-bond donors (Lipinski definition) is 1. The van der Waals surface area contributed by atoms with Crippen LogP contribution in [0.1, 0.15) is 11.1 Å². The lowest BCUT2D eigenvalue weighted by atomic mass is 10.1. The third kappa shape index (κ3) is 4.60. The van der Waals surface area contributed by atoms with Crippen molar-refractivity contribution in [1.29, 1.82) is 5.26 Å².